The average Bonchev–Trinajstić information content (AvgIpc) is 2.84. The van der Waals surface area contributed by atoms with Crippen LogP contribution >= 0.6 is 0 Å². The predicted molar refractivity (Wildman–Crippen MR) is 132 cm³/mol. The van der Waals surface area contributed by atoms with Gasteiger partial charge in [0.25, 0.3) is 34.6 Å². The Morgan fingerprint density at radius 3 is 1.24 bits per heavy atom. The molecule has 0 aliphatic carbocycles. The number of benzene rings is 2. The topological polar surface area (TPSA) is 231 Å². The molecule has 202 valence electrons. The summed E-state index contributed by atoms with van der Waals surface area (Å²) in [5, 5.41) is 49.5. The van der Waals surface area contributed by atoms with Crippen LogP contribution < -0.4 is 10.6 Å². The van der Waals surface area contributed by atoms with E-state index in [1.807, 2.05) is 0 Å². The summed E-state index contributed by atoms with van der Waals surface area (Å²) in [6, 6.07) is 3.56. The zero-order valence-corrected chi connectivity index (χ0v) is 20.4. The number of unbranched alkanes of at least 4 members (excludes halogenated alkanes) is 3. The van der Waals surface area contributed by atoms with E-state index in [-0.39, 0.29) is 35.3 Å². The molecule has 0 bridgehead atoms. The molecule has 0 saturated carbocycles. The summed E-state index contributed by atoms with van der Waals surface area (Å²) in [6.07, 6.45) is 2.30. The molecule has 2 aromatic rings. The van der Waals surface area contributed by atoms with Gasteiger partial charge >= 0.3 is 0 Å². The Bertz CT molecular complexity index is 1210. The Morgan fingerprint density at radius 1 is 0.605 bits per heavy atom. The first-order chi connectivity index (χ1) is 17.8. The fraction of sp³-hybridized carbons (Fsp3) is 0.364. The normalized spacial score (nSPS) is 10.5. The van der Waals surface area contributed by atoms with E-state index in [4.69, 9.17) is 0 Å². The minimum Gasteiger partial charge on any atom is -0.352 e. The zero-order chi connectivity index (χ0) is 28.6. The number of rotatable bonds is 13. The van der Waals surface area contributed by atoms with Crippen molar-refractivity contribution in [2.75, 3.05) is 13.1 Å². The average molecular weight is 532 g/mol. The quantitative estimate of drug-likeness (QED) is 0.216. The third-order valence-corrected chi connectivity index (χ3v) is 5.71. The van der Waals surface area contributed by atoms with Crippen LogP contribution in [0.3, 0.4) is 0 Å². The van der Waals surface area contributed by atoms with Gasteiger partial charge in [0.2, 0.25) is 0 Å². The maximum absolute atomic E-state index is 12.4. The van der Waals surface area contributed by atoms with Crippen molar-refractivity contribution in [1.82, 2.24) is 10.6 Å². The maximum atomic E-state index is 12.4. The highest BCUT2D eigenvalue weighted by molar-refractivity contribution is 5.98. The summed E-state index contributed by atoms with van der Waals surface area (Å²) in [5.41, 5.74) is -2.48. The molecule has 2 N–H and O–H groups in total. The van der Waals surface area contributed by atoms with Gasteiger partial charge in [-0.05, 0) is 26.7 Å². The smallest absolute Gasteiger partial charge is 0.279 e. The molecule has 0 radical (unpaired) electrons. The second-order valence-electron chi connectivity index (χ2n) is 8.23. The van der Waals surface area contributed by atoms with E-state index in [1.54, 1.807) is 0 Å². The molecular weight excluding hydrogens is 508 g/mol. The Labute approximate surface area is 214 Å². The molecule has 16 nitrogen and oxygen atoms in total. The van der Waals surface area contributed by atoms with Gasteiger partial charge in [-0.3, -0.25) is 50.0 Å². The van der Waals surface area contributed by atoms with Gasteiger partial charge in [0.15, 0.2) is 0 Å². The lowest BCUT2D eigenvalue weighted by molar-refractivity contribution is -0.394. The second-order valence-corrected chi connectivity index (χ2v) is 8.23. The lowest BCUT2D eigenvalue weighted by atomic mass is 10.0. The van der Waals surface area contributed by atoms with Gasteiger partial charge in [-0.1, -0.05) is 12.8 Å². The number of nitrogens with one attached hydrogen (secondary N) is 2. The molecule has 0 aromatic heterocycles. The van der Waals surface area contributed by atoms with Gasteiger partial charge in [0.1, 0.15) is 0 Å². The first-order valence-electron chi connectivity index (χ1n) is 11.3. The third kappa shape index (κ3) is 7.25. The summed E-state index contributed by atoms with van der Waals surface area (Å²) in [5.74, 6) is -1.36. The van der Waals surface area contributed by atoms with Crippen LogP contribution in [0.5, 0.6) is 0 Å². The van der Waals surface area contributed by atoms with E-state index in [2.05, 4.69) is 10.6 Å². The third-order valence-electron chi connectivity index (χ3n) is 5.71. The summed E-state index contributed by atoms with van der Waals surface area (Å²) in [6.45, 7) is 3.08. The standard InChI is InChI=1S/C22H24N6O10/c1-13-17(9-15(25(31)32)11-19(13)27(35)36)21(29)23-7-5-3-4-6-8-24-22(30)18-10-16(26(33)34)12-20(14(18)2)28(37)38/h9-12H,3-8H2,1-2H3,(H,23,29)(H,24,30). The SMILES string of the molecule is Cc1c(C(=O)NCCCCCCNC(=O)c2cc([N+](=O)[O-])cc([N+](=O)[O-])c2C)cc([N+](=O)[O-])cc1[N+](=O)[O-]. The van der Waals surface area contributed by atoms with Gasteiger partial charge < -0.3 is 10.6 Å². The zero-order valence-electron chi connectivity index (χ0n) is 20.4. The molecule has 0 aliphatic heterocycles. The van der Waals surface area contributed by atoms with Crippen molar-refractivity contribution >= 4 is 34.6 Å². The van der Waals surface area contributed by atoms with Gasteiger partial charge in [-0.2, -0.15) is 0 Å². The van der Waals surface area contributed by atoms with E-state index in [1.165, 1.54) is 13.8 Å². The van der Waals surface area contributed by atoms with Crippen molar-refractivity contribution < 1.29 is 29.3 Å². The van der Waals surface area contributed by atoms with E-state index in [9.17, 15) is 50.0 Å². The number of hydrogen-bond donors (Lipinski definition) is 2. The van der Waals surface area contributed by atoms with Crippen LogP contribution in [0.1, 0.15) is 57.5 Å². The molecule has 0 aliphatic rings. The Kier molecular flexibility index (Phi) is 9.84. The fourth-order valence-electron chi connectivity index (χ4n) is 3.63. The number of nitro groups is 4. The number of carbonyl (C=O) groups is 2. The molecule has 2 aromatic carbocycles. The molecule has 0 saturated heterocycles. The van der Waals surface area contributed by atoms with Crippen LogP contribution in [-0.4, -0.2) is 44.6 Å². The highest BCUT2D eigenvalue weighted by atomic mass is 16.6. The lowest BCUT2D eigenvalue weighted by Crippen LogP contribution is -2.26. The predicted octanol–water partition coefficient (Wildman–Crippen LogP) is 3.66. The maximum Gasteiger partial charge on any atom is 0.279 e. The van der Waals surface area contributed by atoms with Gasteiger partial charge in [0.05, 0.1) is 43.0 Å². The fourth-order valence-corrected chi connectivity index (χ4v) is 3.63. The Hall–Kier alpha value is -5.02. The van der Waals surface area contributed by atoms with Crippen molar-refractivity contribution in [3.05, 3.63) is 87.0 Å². The molecule has 0 atom stereocenters. The van der Waals surface area contributed by atoms with E-state index < -0.39 is 54.3 Å². The lowest BCUT2D eigenvalue weighted by Gasteiger charge is -2.09. The van der Waals surface area contributed by atoms with Gasteiger partial charge in [0, 0.05) is 36.3 Å². The molecular formula is C22H24N6O10. The number of nitro benzene ring substituents is 4. The molecule has 38 heavy (non-hydrogen) atoms. The van der Waals surface area contributed by atoms with Gasteiger partial charge in [-0.25, -0.2) is 0 Å². The number of non-ortho nitro benzene ring substituents is 2. The molecule has 16 heteroatoms. The monoisotopic (exact) mass is 532 g/mol. The van der Waals surface area contributed by atoms with Crippen LogP contribution in [0.2, 0.25) is 0 Å². The highest BCUT2D eigenvalue weighted by Gasteiger charge is 2.25. The minimum absolute atomic E-state index is 0.0122. The second kappa shape index (κ2) is 12.8. The van der Waals surface area contributed by atoms with Crippen molar-refractivity contribution in [1.29, 1.82) is 0 Å². The number of hydrogen-bond acceptors (Lipinski definition) is 10. The van der Waals surface area contributed by atoms with Crippen LogP contribution in [0.4, 0.5) is 22.7 Å². The molecule has 0 unspecified atom stereocenters. The first kappa shape index (κ1) is 29.2. The van der Waals surface area contributed by atoms with E-state index in [0.29, 0.717) is 25.7 Å². The molecule has 2 amide bonds. The summed E-state index contributed by atoms with van der Waals surface area (Å²) in [7, 11) is 0. The van der Waals surface area contributed by atoms with Crippen molar-refractivity contribution in [3.8, 4) is 0 Å². The Balaban J connectivity index is 1.83. The number of nitrogens with zero attached hydrogens (tertiary/aromatic N) is 4. The summed E-state index contributed by atoms with van der Waals surface area (Å²) < 4.78 is 0. The largest absolute Gasteiger partial charge is 0.352 e. The molecule has 2 rings (SSSR count). The van der Waals surface area contributed by atoms with E-state index >= 15 is 0 Å². The highest BCUT2D eigenvalue weighted by Crippen LogP contribution is 2.29. The van der Waals surface area contributed by atoms with E-state index in [0.717, 1.165) is 24.3 Å². The first-order valence-corrected chi connectivity index (χ1v) is 11.3. The van der Waals surface area contributed by atoms with Crippen LogP contribution in [0, 0.1) is 54.3 Å². The molecule has 0 spiro atoms. The minimum atomic E-state index is -0.816. The Morgan fingerprint density at radius 2 is 0.947 bits per heavy atom. The van der Waals surface area contributed by atoms with Gasteiger partial charge in [-0.15, -0.1) is 0 Å². The number of carbonyl (C=O) groups excluding carboxylic acids is 2. The van der Waals surface area contributed by atoms with Crippen molar-refractivity contribution in [3.63, 3.8) is 0 Å². The van der Waals surface area contributed by atoms with Crippen LogP contribution in [-0.2, 0) is 0 Å². The molecule has 0 fully saturated rings. The van der Waals surface area contributed by atoms with Crippen LogP contribution in [0.25, 0.3) is 0 Å². The molecule has 0 heterocycles. The van der Waals surface area contributed by atoms with Crippen molar-refractivity contribution in [2.45, 2.75) is 39.5 Å². The summed E-state index contributed by atoms with van der Waals surface area (Å²) in [4.78, 5) is 66.0. The number of amides is 2. The van der Waals surface area contributed by atoms with Crippen LogP contribution in [0.15, 0.2) is 24.3 Å². The van der Waals surface area contributed by atoms with Crippen molar-refractivity contribution in [2.24, 2.45) is 0 Å². The summed E-state index contributed by atoms with van der Waals surface area (Å²) >= 11 is 0.